The van der Waals surface area contributed by atoms with E-state index in [1.165, 1.54) is 0 Å². The molecule has 0 radical (unpaired) electrons. The van der Waals surface area contributed by atoms with Crippen LogP contribution >= 0.6 is 11.6 Å². The number of benzene rings is 2. The number of nitrogens with zero attached hydrogens (tertiary/aromatic N) is 4. The standard InChI is InChI=1S/C17H11ClN4O/c18-16-14(19-12-8-4-5-9-13(12)20-16)10-15-21-22-17(23-15)11-6-2-1-3-7-11/h1-9H,10H2. The van der Waals surface area contributed by atoms with E-state index in [9.17, 15) is 0 Å². The number of aromatic nitrogens is 4. The van der Waals surface area contributed by atoms with Crippen molar-refractivity contribution in [3.05, 3.63) is 71.3 Å². The third-order valence-electron chi connectivity index (χ3n) is 3.40. The summed E-state index contributed by atoms with van der Waals surface area (Å²) in [6.45, 7) is 0. The second-order valence-electron chi connectivity index (χ2n) is 4.99. The summed E-state index contributed by atoms with van der Waals surface area (Å²) in [7, 11) is 0. The summed E-state index contributed by atoms with van der Waals surface area (Å²) >= 11 is 6.21. The van der Waals surface area contributed by atoms with Crippen molar-refractivity contribution in [2.24, 2.45) is 0 Å². The quantitative estimate of drug-likeness (QED) is 0.572. The monoisotopic (exact) mass is 322 g/mol. The minimum atomic E-state index is 0.344. The van der Waals surface area contributed by atoms with E-state index in [4.69, 9.17) is 16.0 Å². The van der Waals surface area contributed by atoms with Gasteiger partial charge in [0, 0.05) is 5.56 Å². The first-order valence-electron chi connectivity index (χ1n) is 7.08. The number of hydrogen-bond acceptors (Lipinski definition) is 5. The van der Waals surface area contributed by atoms with Gasteiger partial charge in [0.1, 0.15) is 0 Å². The largest absolute Gasteiger partial charge is 0.420 e. The molecule has 2 aromatic carbocycles. The molecule has 0 saturated carbocycles. The van der Waals surface area contributed by atoms with Gasteiger partial charge in [-0.25, -0.2) is 9.97 Å². The lowest BCUT2D eigenvalue weighted by atomic mass is 10.2. The maximum Gasteiger partial charge on any atom is 0.247 e. The SMILES string of the molecule is Clc1nc2ccccc2nc1Cc1nnc(-c2ccccc2)o1. The number of para-hydroxylation sites is 2. The van der Waals surface area contributed by atoms with Crippen LogP contribution in [0.25, 0.3) is 22.5 Å². The van der Waals surface area contributed by atoms with E-state index >= 15 is 0 Å². The van der Waals surface area contributed by atoms with Crippen LogP contribution in [0.1, 0.15) is 11.6 Å². The molecule has 5 nitrogen and oxygen atoms in total. The zero-order chi connectivity index (χ0) is 15.6. The van der Waals surface area contributed by atoms with Crippen LogP contribution in [0.15, 0.2) is 59.0 Å². The fraction of sp³-hybridized carbons (Fsp3) is 0.0588. The molecule has 0 fully saturated rings. The molecule has 2 aromatic heterocycles. The van der Waals surface area contributed by atoms with Gasteiger partial charge in [0.05, 0.1) is 23.1 Å². The maximum absolute atomic E-state index is 6.21. The highest BCUT2D eigenvalue weighted by Gasteiger charge is 2.13. The van der Waals surface area contributed by atoms with Gasteiger partial charge in [-0.3, -0.25) is 0 Å². The normalized spacial score (nSPS) is 11.0. The van der Waals surface area contributed by atoms with Crippen molar-refractivity contribution in [2.75, 3.05) is 0 Å². The molecule has 6 heteroatoms. The third-order valence-corrected chi connectivity index (χ3v) is 3.70. The van der Waals surface area contributed by atoms with Crippen molar-refractivity contribution >= 4 is 22.6 Å². The molecule has 0 saturated heterocycles. The van der Waals surface area contributed by atoms with Crippen LogP contribution in [0.3, 0.4) is 0 Å². The molecule has 0 unspecified atom stereocenters. The van der Waals surface area contributed by atoms with Crippen molar-refractivity contribution < 1.29 is 4.42 Å². The van der Waals surface area contributed by atoms with Crippen molar-refractivity contribution in [1.82, 2.24) is 20.2 Å². The van der Waals surface area contributed by atoms with E-state index in [-0.39, 0.29) is 0 Å². The molecular weight excluding hydrogens is 312 g/mol. The van der Waals surface area contributed by atoms with E-state index in [1.54, 1.807) is 0 Å². The van der Waals surface area contributed by atoms with E-state index in [2.05, 4.69) is 20.2 Å². The Balaban J connectivity index is 1.66. The van der Waals surface area contributed by atoms with Gasteiger partial charge >= 0.3 is 0 Å². The Bertz CT molecular complexity index is 969. The molecule has 2 heterocycles. The Hall–Kier alpha value is -2.79. The molecule has 0 bridgehead atoms. The maximum atomic E-state index is 6.21. The predicted molar refractivity (Wildman–Crippen MR) is 87.1 cm³/mol. The summed E-state index contributed by atoms with van der Waals surface area (Å²) in [5, 5.41) is 8.48. The molecule has 4 rings (SSSR count). The second-order valence-corrected chi connectivity index (χ2v) is 5.35. The molecule has 0 spiro atoms. The van der Waals surface area contributed by atoms with E-state index in [0.717, 1.165) is 16.6 Å². The summed E-state index contributed by atoms with van der Waals surface area (Å²) < 4.78 is 5.69. The van der Waals surface area contributed by atoms with Crippen LogP contribution < -0.4 is 0 Å². The molecule has 0 N–H and O–H groups in total. The van der Waals surface area contributed by atoms with Crippen LogP contribution in [-0.4, -0.2) is 20.2 Å². The summed E-state index contributed by atoms with van der Waals surface area (Å²) in [6.07, 6.45) is 0.344. The van der Waals surface area contributed by atoms with Gasteiger partial charge in [-0.05, 0) is 24.3 Å². The molecule has 112 valence electrons. The molecule has 0 aliphatic heterocycles. The van der Waals surface area contributed by atoms with E-state index in [1.807, 2.05) is 54.6 Å². The minimum Gasteiger partial charge on any atom is -0.420 e. The third kappa shape index (κ3) is 2.78. The Labute approximate surface area is 137 Å². The first-order valence-corrected chi connectivity index (χ1v) is 7.46. The molecule has 4 aromatic rings. The highest BCUT2D eigenvalue weighted by Crippen LogP contribution is 2.22. The average Bonchev–Trinajstić information content (AvgIpc) is 3.05. The van der Waals surface area contributed by atoms with Gasteiger partial charge in [-0.2, -0.15) is 0 Å². The molecular formula is C17H11ClN4O. The Morgan fingerprint density at radius 1 is 0.826 bits per heavy atom. The van der Waals surface area contributed by atoms with Crippen LogP contribution in [0.5, 0.6) is 0 Å². The van der Waals surface area contributed by atoms with Crippen LogP contribution in [0, 0.1) is 0 Å². The second kappa shape index (κ2) is 5.78. The van der Waals surface area contributed by atoms with Gasteiger partial charge in [0.25, 0.3) is 0 Å². The molecule has 0 aliphatic rings. The van der Waals surface area contributed by atoms with Crippen molar-refractivity contribution in [3.8, 4) is 11.5 Å². The molecule has 0 amide bonds. The fourth-order valence-electron chi connectivity index (χ4n) is 2.29. The minimum absolute atomic E-state index is 0.344. The summed E-state index contributed by atoms with van der Waals surface area (Å²) in [5.74, 6) is 0.931. The zero-order valence-electron chi connectivity index (χ0n) is 12.0. The fourth-order valence-corrected chi connectivity index (χ4v) is 2.49. The lowest BCUT2D eigenvalue weighted by Crippen LogP contribution is -1.97. The van der Waals surface area contributed by atoms with Gasteiger partial charge < -0.3 is 4.42 Å². The van der Waals surface area contributed by atoms with Crippen LogP contribution in [-0.2, 0) is 6.42 Å². The lowest BCUT2D eigenvalue weighted by Gasteiger charge is -2.02. The summed E-state index contributed by atoms with van der Waals surface area (Å²) in [6, 6.07) is 17.2. The van der Waals surface area contributed by atoms with Gasteiger partial charge in [-0.15, -0.1) is 10.2 Å². The first-order chi connectivity index (χ1) is 11.3. The topological polar surface area (TPSA) is 64.7 Å². The summed E-state index contributed by atoms with van der Waals surface area (Å²) in [5.41, 5.74) is 3.04. The van der Waals surface area contributed by atoms with Crippen molar-refractivity contribution in [3.63, 3.8) is 0 Å². The van der Waals surface area contributed by atoms with Gasteiger partial charge in [0.2, 0.25) is 11.8 Å². The summed E-state index contributed by atoms with van der Waals surface area (Å²) in [4.78, 5) is 8.88. The highest BCUT2D eigenvalue weighted by molar-refractivity contribution is 6.30. The van der Waals surface area contributed by atoms with Gasteiger partial charge in [-0.1, -0.05) is 41.9 Å². The number of halogens is 1. The van der Waals surface area contributed by atoms with Crippen molar-refractivity contribution in [1.29, 1.82) is 0 Å². The Morgan fingerprint density at radius 2 is 1.52 bits per heavy atom. The average molecular weight is 323 g/mol. The Morgan fingerprint density at radius 3 is 2.30 bits per heavy atom. The molecule has 0 aliphatic carbocycles. The molecule has 23 heavy (non-hydrogen) atoms. The number of hydrogen-bond donors (Lipinski definition) is 0. The van der Waals surface area contributed by atoms with Crippen LogP contribution in [0.2, 0.25) is 5.15 Å². The molecule has 0 atom stereocenters. The number of fused-ring (bicyclic) bond motifs is 1. The van der Waals surface area contributed by atoms with E-state index in [0.29, 0.717) is 29.0 Å². The smallest absolute Gasteiger partial charge is 0.247 e. The zero-order valence-corrected chi connectivity index (χ0v) is 12.7. The number of rotatable bonds is 3. The Kier molecular flexibility index (Phi) is 3.48. The van der Waals surface area contributed by atoms with Crippen molar-refractivity contribution in [2.45, 2.75) is 6.42 Å². The first kappa shape index (κ1) is 13.8. The van der Waals surface area contributed by atoms with Gasteiger partial charge in [0.15, 0.2) is 5.15 Å². The highest BCUT2D eigenvalue weighted by atomic mass is 35.5. The van der Waals surface area contributed by atoms with Crippen LogP contribution in [0.4, 0.5) is 0 Å². The predicted octanol–water partition coefficient (Wildman–Crippen LogP) is 3.92. The lowest BCUT2D eigenvalue weighted by molar-refractivity contribution is 0.516. The van der Waals surface area contributed by atoms with E-state index < -0.39 is 0 Å².